The topological polar surface area (TPSA) is 49.5 Å². The molecule has 11 heavy (non-hydrogen) atoms. The molecule has 68 valence electrons. The zero-order chi connectivity index (χ0) is 9.07. The van der Waals surface area contributed by atoms with E-state index in [2.05, 4.69) is 20.8 Å². The Kier molecular flexibility index (Phi) is 4.00. The van der Waals surface area contributed by atoms with Crippen LogP contribution in [0.4, 0.5) is 0 Å². The van der Waals surface area contributed by atoms with E-state index in [0.717, 1.165) is 6.54 Å². The number of aliphatic hydroxyl groups is 1. The average Bonchev–Trinajstić information content (AvgIpc) is 1.79. The minimum Gasteiger partial charge on any atom is -0.396 e. The lowest BCUT2D eigenvalue weighted by Gasteiger charge is -2.30. The predicted molar refractivity (Wildman–Crippen MR) is 46.8 cm³/mol. The van der Waals surface area contributed by atoms with Gasteiger partial charge in [0.05, 0.1) is 0 Å². The summed E-state index contributed by atoms with van der Waals surface area (Å²) in [6, 6.07) is 0. The van der Waals surface area contributed by atoms with Crippen LogP contribution in [0.2, 0.25) is 0 Å². The molecule has 0 radical (unpaired) electrons. The van der Waals surface area contributed by atoms with Crippen molar-refractivity contribution < 1.29 is 5.11 Å². The molecular formula is C8H20N2O. The summed E-state index contributed by atoms with van der Waals surface area (Å²) in [6.07, 6.45) is 0. The number of nitrogens with zero attached hydrogens (tertiary/aromatic N) is 1. The van der Waals surface area contributed by atoms with Gasteiger partial charge in [-0.15, -0.1) is 0 Å². The van der Waals surface area contributed by atoms with Crippen molar-refractivity contribution in [3.8, 4) is 0 Å². The Bertz CT molecular complexity index is 107. The molecule has 0 saturated carbocycles. The third kappa shape index (κ3) is 4.35. The first-order chi connectivity index (χ1) is 4.88. The van der Waals surface area contributed by atoms with Crippen LogP contribution in [0.1, 0.15) is 20.8 Å². The van der Waals surface area contributed by atoms with Crippen LogP contribution >= 0.6 is 0 Å². The van der Waals surface area contributed by atoms with Crippen LogP contribution in [-0.2, 0) is 0 Å². The SMILES string of the molecule is CN(N)CC(CO)C(C)(C)C. The molecule has 3 heteroatoms. The number of aliphatic hydroxyl groups excluding tert-OH is 1. The van der Waals surface area contributed by atoms with Gasteiger partial charge in [0.1, 0.15) is 0 Å². The number of hydrazine groups is 1. The molecule has 3 nitrogen and oxygen atoms in total. The predicted octanol–water partition coefficient (Wildman–Crippen LogP) is 0.446. The molecule has 0 aliphatic carbocycles. The van der Waals surface area contributed by atoms with Gasteiger partial charge >= 0.3 is 0 Å². The van der Waals surface area contributed by atoms with Gasteiger partial charge in [-0.2, -0.15) is 0 Å². The zero-order valence-electron chi connectivity index (χ0n) is 7.96. The largest absolute Gasteiger partial charge is 0.396 e. The van der Waals surface area contributed by atoms with Crippen molar-refractivity contribution in [3.05, 3.63) is 0 Å². The highest BCUT2D eigenvalue weighted by molar-refractivity contribution is 4.74. The summed E-state index contributed by atoms with van der Waals surface area (Å²) in [5.41, 5.74) is 0.127. The molecule has 0 bridgehead atoms. The summed E-state index contributed by atoms with van der Waals surface area (Å²) in [4.78, 5) is 0. The second-order valence-corrected chi connectivity index (χ2v) is 4.19. The molecule has 1 atom stereocenters. The first-order valence-corrected chi connectivity index (χ1v) is 3.94. The van der Waals surface area contributed by atoms with Crippen LogP contribution in [0.15, 0.2) is 0 Å². The smallest absolute Gasteiger partial charge is 0.0477 e. The van der Waals surface area contributed by atoms with E-state index in [1.807, 2.05) is 7.05 Å². The van der Waals surface area contributed by atoms with Crippen molar-refractivity contribution in [3.63, 3.8) is 0 Å². The Labute approximate surface area is 69.2 Å². The number of nitrogens with two attached hydrogens (primary N) is 1. The van der Waals surface area contributed by atoms with E-state index in [9.17, 15) is 0 Å². The van der Waals surface area contributed by atoms with Crippen molar-refractivity contribution in [1.29, 1.82) is 0 Å². The van der Waals surface area contributed by atoms with Gasteiger partial charge in [-0.25, -0.2) is 5.01 Å². The Hall–Kier alpha value is -0.120. The first kappa shape index (κ1) is 10.9. The summed E-state index contributed by atoms with van der Waals surface area (Å²) in [5.74, 6) is 5.74. The minimum absolute atomic E-state index is 0.127. The molecule has 0 fully saturated rings. The first-order valence-electron chi connectivity index (χ1n) is 3.94. The van der Waals surface area contributed by atoms with Gasteiger partial charge in [-0.1, -0.05) is 20.8 Å². The molecule has 0 aromatic rings. The summed E-state index contributed by atoms with van der Waals surface area (Å²) < 4.78 is 0. The molecule has 0 saturated heterocycles. The van der Waals surface area contributed by atoms with Crippen molar-refractivity contribution in [1.82, 2.24) is 5.01 Å². The Balaban J connectivity index is 3.96. The van der Waals surface area contributed by atoms with E-state index in [1.165, 1.54) is 0 Å². The molecule has 1 unspecified atom stereocenters. The van der Waals surface area contributed by atoms with E-state index in [0.29, 0.717) is 0 Å². The second-order valence-electron chi connectivity index (χ2n) is 4.19. The maximum atomic E-state index is 9.03. The third-order valence-corrected chi connectivity index (χ3v) is 1.95. The van der Waals surface area contributed by atoms with Crippen molar-refractivity contribution >= 4 is 0 Å². The lowest BCUT2D eigenvalue weighted by atomic mass is 9.81. The monoisotopic (exact) mass is 160 g/mol. The minimum atomic E-state index is 0.127. The molecule has 0 rings (SSSR count). The molecule has 3 N–H and O–H groups in total. The van der Waals surface area contributed by atoms with E-state index >= 15 is 0 Å². The summed E-state index contributed by atoms with van der Waals surface area (Å²) >= 11 is 0. The van der Waals surface area contributed by atoms with Crippen LogP contribution in [0.3, 0.4) is 0 Å². The zero-order valence-corrected chi connectivity index (χ0v) is 7.96. The Morgan fingerprint density at radius 2 is 1.91 bits per heavy atom. The van der Waals surface area contributed by atoms with E-state index in [-0.39, 0.29) is 17.9 Å². The maximum absolute atomic E-state index is 9.03. The van der Waals surface area contributed by atoms with E-state index in [4.69, 9.17) is 10.9 Å². The number of hydrogen-bond donors (Lipinski definition) is 2. The molecule has 0 spiro atoms. The number of rotatable bonds is 3. The second kappa shape index (κ2) is 4.04. The van der Waals surface area contributed by atoms with Gasteiger partial charge in [0, 0.05) is 26.1 Å². The van der Waals surface area contributed by atoms with Gasteiger partial charge < -0.3 is 5.11 Å². The van der Waals surface area contributed by atoms with Gasteiger partial charge in [0.25, 0.3) is 0 Å². The summed E-state index contributed by atoms with van der Waals surface area (Å²) in [7, 11) is 1.81. The normalized spacial score (nSPS) is 15.5. The maximum Gasteiger partial charge on any atom is 0.0477 e. The average molecular weight is 160 g/mol. The Morgan fingerprint density at radius 3 is 2.00 bits per heavy atom. The van der Waals surface area contributed by atoms with Crippen LogP contribution in [0.5, 0.6) is 0 Å². The highest BCUT2D eigenvalue weighted by Gasteiger charge is 2.24. The highest BCUT2D eigenvalue weighted by atomic mass is 16.3. The summed E-state index contributed by atoms with van der Waals surface area (Å²) in [5, 5.41) is 10.6. The number of hydrogen-bond acceptors (Lipinski definition) is 3. The molecular weight excluding hydrogens is 140 g/mol. The quantitative estimate of drug-likeness (QED) is 0.465. The molecule has 0 amide bonds. The van der Waals surface area contributed by atoms with Gasteiger partial charge in [-0.3, -0.25) is 5.84 Å². The molecule has 0 heterocycles. The van der Waals surface area contributed by atoms with Crippen molar-refractivity contribution in [2.24, 2.45) is 17.2 Å². The van der Waals surface area contributed by atoms with Crippen molar-refractivity contribution in [2.45, 2.75) is 20.8 Å². The third-order valence-electron chi connectivity index (χ3n) is 1.95. The molecule has 0 aliphatic rings. The fourth-order valence-electron chi connectivity index (χ4n) is 0.953. The fourth-order valence-corrected chi connectivity index (χ4v) is 0.953. The van der Waals surface area contributed by atoms with Crippen LogP contribution < -0.4 is 5.84 Å². The standard InChI is InChI=1S/C8H20N2O/c1-8(2,3)7(6-11)5-10(4)9/h7,11H,5-6,9H2,1-4H3. The lowest BCUT2D eigenvalue weighted by molar-refractivity contribution is 0.0965. The molecule has 0 aliphatic heterocycles. The highest BCUT2D eigenvalue weighted by Crippen LogP contribution is 2.25. The Morgan fingerprint density at radius 1 is 1.45 bits per heavy atom. The van der Waals surface area contributed by atoms with Gasteiger partial charge in [0.15, 0.2) is 0 Å². The van der Waals surface area contributed by atoms with Gasteiger partial charge in [-0.05, 0) is 5.41 Å². The van der Waals surface area contributed by atoms with Gasteiger partial charge in [0.2, 0.25) is 0 Å². The van der Waals surface area contributed by atoms with E-state index in [1.54, 1.807) is 5.01 Å². The van der Waals surface area contributed by atoms with Crippen LogP contribution in [-0.4, -0.2) is 30.3 Å². The summed E-state index contributed by atoms with van der Waals surface area (Å²) in [6.45, 7) is 7.26. The van der Waals surface area contributed by atoms with Crippen LogP contribution in [0.25, 0.3) is 0 Å². The molecule has 0 aromatic heterocycles. The van der Waals surface area contributed by atoms with Crippen molar-refractivity contribution in [2.75, 3.05) is 20.2 Å². The van der Waals surface area contributed by atoms with Crippen LogP contribution in [0, 0.1) is 11.3 Å². The van der Waals surface area contributed by atoms with E-state index < -0.39 is 0 Å². The lowest BCUT2D eigenvalue weighted by Crippen LogP contribution is -2.38. The fraction of sp³-hybridized carbons (Fsp3) is 1.00. The molecule has 0 aromatic carbocycles.